The van der Waals surface area contributed by atoms with Gasteiger partial charge in [-0.15, -0.1) is 0 Å². The number of H-pyrrole nitrogens is 1. The van der Waals surface area contributed by atoms with E-state index >= 15 is 0 Å². The van der Waals surface area contributed by atoms with Crippen LogP contribution >= 0.6 is 0 Å². The number of guanidine groups is 1. The molecule has 0 bridgehead atoms. The molecule has 3 aromatic carbocycles. The Labute approximate surface area is 513 Å². The number of halogens is 1. The van der Waals surface area contributed by atoms with Crippen molar-refractivity contribution in [3.05, 3.63) is 102 Å². The van der Waals surface area contributed by atoms with Crippen LogP contribution in [0, 0.1) is 23.6 Å². The fourth-order valence-corrected chi connectivity index (χ4v) is 10.4. The number of phenolic OH excluding ortho intramolecular Hbond substituents is 1. The van der Waals surface area contributed by atoms with E-state index < -0.39 is 157 Å². The molecule has 482 valence electrons. The van der Waals surface area contributed by atoms with Crippen LogP contribution in [0.5, 0.6) is 5.75 Å². The number of carbonyl (C=O) groups excluding carboxylic acids is 11. The highest BCUT2D eigenvalue weighted by molar-refractivity contribution is 6.00. The van der Waals surface area contributed by atoms with Crippen LogP contribution in [0.15, 0.2) is 84.0 Å². The summed E-state index contributed by atoms with van der Waals surface area (Å²) in [5.41, 5.74) is 19.5. The third kappa shape index (κ3) is 22.1. The molecule has 0 saturated carbocycles. The van der Waals surface area contributed by atoms with Gasteiger partial charge in [-0.25, -0.2) is 9.18 Å². The molecule has 17 N–H and O–H groups in total. The molecule has 5 rings (SSSR count). The van der Waals surface area contributed by atoms with E-state index in [-0.39, 0.29) is 69.2 Å². The number of ketones is 3. The number of β-amino-alcohol motifs (C(OH)–C–C–N with tert-alkyl or cyclic N) is 1. The molecule has 4 aromatic rings. The van der Waals surface area contributed by atoms with Crippen LogP contribution in [0.4, 0.5) is 9.18 Å². The highest BCUT2D eigenvalue weighted by atomic mass is 19.1. The number of amides is 9. The molecular weight excluding hydrogens is 1160 g/mol. The van der Waals surface area contributed by atoms with Gasteiger partial charge in [0, 0.05) is 82.2 Å². The first-order chi connectivity index (χ1) is 42.1. The van der Waals surface area contributed by atoms with E-state index in [1.54, 1.807) is 20.0 Å². The number of aromatic hydroxyl groups is 1. The van der Waals surface area contributed by atoms with E-state index in [0.717, 1.165) is 27.9 Å². The summed E-state index contributed by atoms with van der Waals surface area (Å²) < 4.78 is 14.1. The zero-order valence-corrected chi connectivity index (χ0v) is 50.4. The molecule has 27 nitrogen and oxygen atoms in total. The minimum Gasteiger partial charge on any atom is -0.508 e. The first-order valence-corrected chi connectivity index (χ1v) is 29.2. The standard InChI is InChI=1S/C61H82FN13O14/c1-32(2)21-45(51(80)25-37(9-8-20-67-60(65)66-5)56(85)73-48(55(64)84)24-38-29-68-44-11-7-6-10-42(38)44)74-61(89)69-30-53(82)46(22-35-12-16-39(62)17-13-35)71-57(86)43(33(3)76)27-52(81)47(28-54(63)83)72-58(87)50-26-41(79)31-75(50)59(88)49(70-34(4)77)23-36-14-18-40(78)19-15-36/h6-7,10-19,29,32-33,37,41,43,45-50,68,76,78-79H,8-9,20-28,30-31H2,1-5H3,(H2,63,83)(H2,64,84)(H,70,77)(H,71,86)(H,72,87)(H,73,85)(H3,65,66,67)(H2,69,74,89)/t33-,37-,41-,43+,45+,46+,47+,48+,49-,50+/m1/s1. The summed E-state index contributed by atoms with van der Waals surface area (Å²) in [6, 6.07) is 8.70. The monoisotopic (exact) mass is 1240 g/mol. The molecule has 89 heavy (non-hydrogen) atoms. The predicted octanol–water partition coefficient (Wildman–Crippen LogP) is -0.549. The van der Waals surface area contributed by atoms with Crippen LogP contribution in [-0.4, -0.2) is 171 Å². The second kappa shape index (κ2) is 33.7. The van der Waals surface area contributed by atoms with Gasteiger partial charge >= 0.3 is 6.03 Å². The van der Waals surface area contributed by atoms with Gasteiger partial charge in [0.25, 0.3) is 0 Å². The Balaban J connectivity index is 1.29. The van der Waals surface area contributed by atoms with Crippen molar-refractivity contribution in [3.8, 4) is 5.75 Å². The second-order valence-corrected chi connectivity index (χ2v) is 22.7. The molecule has 28 heteroatoms. The Hall–Kier alpha value is -9.31. The number of Topliss-reactive ketones (excluding diaryl/α,β-unsaturated/α-hetero) is 3. The molecule has 0 radical (unpaired) electrons. The van der Waals surface area contributed by atoms with Crippen molar-refractivity contribution in [1.29, 1.82) is 0 Å². The Morgan fingerprint density at radius 3 is 1.97 bits per heavy atom. The smallest absolute Gasteiger partial charge is 0.315 e. The maximum absolute atomic E-state index is 14.3. The largest absolute Gasteiger partial charge is 0.508 e. The molecule has 1 aliphatic heterocycles. The molecular formula is C61H82FN13O14. The lowest BCUT2D eigenvalue weighted by molar-refractivity contribution is -0.142. The fourth-order valence-electron chi connectivity index (χ4n) is 10.4. The van der Waals surface area contributed by atoms with Gasteiger partial charge in [0.05, 0.1) is 49.2 Å². The van der Waals surface area contributed by atoms with Crippen LogP contribution in [0.3, 0.4) is 0 Å². The number of benzene rings is 3. The SMILES string of the molecule is CN=C(N)NCCC[C@H](CC(=O)[C@H](CC(C)C)NC(=O)NCC(=O)[C@H](Cc1ccc(F)cc1)NC(=O)[C@@H](CC(=O)[C@H](CC(N)=O)NC(=O)[C@@H]1C[C@@H](O)CN1C(=O)[C@@H](Cc1ccc(O)cc1)NC(C)=O)[C@@H](C)O)C(=O)N[C@@H](Cc1c[nH]c2ccccc12)C(N)=O. The predicted molar refractivity (Wildman–Crippen MR) is 324 cm³/mol. The lowest BCUT2D eigenvalue weighted by Gasteiger charge is -2.30. The summed E-state index contributed by atoms with van der Waals surface area (Å²) in [6.45, 7) is 5.05. The van der Waals surface area contributed by atoms with Gasteiger partial charge in [0.2, 0.25) is 41.4 Å². The Bertz CT molecular complexity index is 3190. The minimum absolute atomic E-state index is 0.0407. The summed E-state index contributed by atoms with van der Waals surface area (Å²) in [6.07, 6.45) is -3.38. The van der Waals surface area contributed by atoms with Crippen LogP contribution < -0.4 is 54.4 Å². The normalized spacial score (nSPS) is 16.7. The van der Waals surface area contributed by atoms with Gasteiger partial charge < -0.3 is 79.6 Å². The molecule has 0 aliphatic carbocycles. The number of nitrogens with one attached hydrogen (secondary N) is 8. The number of hydrogen-bond donors (Lipinski definition) is 14. The number of aliphatic hydroxyl groups is 2. The van der Waals surface area contributed by atoms with E-state index in [0.29, 0.717) is 23.1 Å². The van der Waals surface area contributed by atoms with E-state index in [1.165, 1.54) is 57.3 Å². The van der Waals surface area contributed by atoms with Crippen LogP contribution in [-0.2, 0) is 67.2 Å². The topological polar surface area (TPSA) is 442 Å². The third-order valence-corrected chi connectivity index (χ3v) is 15.1. The van der Waals surface area contributed by atoms with Gasteiger partial charge in [-0.3, -0.25) is 52.9 Å². The van der Waals surface area contributed by atoms with E-state index in [2.05, 4.69) is 47.2 Å². The number of likely N-dealkylation sites (tertiary alicyclic amines) is 1. The van der Waals surface area contributed by atoms with Crippen molar-refractivity contribution in [2.45, 2.75) is 140 Å². The number of para-hydroxylation sites is 1. The van der Waals surface area contributed by atoms with Gasteiger partial charge in [0.15, 0.2) is 23.3 Å². The molecule has 1 aliphatic rings. The van der Waals surface area contributed by atoms with Gasteiger partial charge in [-0.2, -0.15) is 0 Å². The van der Waals surface area contributed by atoms with Crippen LogP contribution in [0.25, 0.3) is 10.9 Å². The number of aliphatic imine (C=N–C) groups is 1. The summed E-state index contributed by atoms with van der Waals surface area (Å²) in [5.74, 6) is -11.8. The number of nitrogens with zero attached hydrogens (tertiary/aromatic N) is 2. The third-order valence-electron chi connectivity index (χ3n) is 15.1. The fraction of sp³-hybridized carbons (Fsp3) is 0.475. The Morgan fingerprint density at radius 2 is 1.35 bits per heavy atom. The summed E-state index contributed by atoms with van der Waals surface area (Å²) >= 11 is 0. The summed E-state index contributed by atoms with van der Waals surface area (Å²) in [4.78, 5) is 158. The highest BCUT2D eigenvalue weighted by Gasteiger charge is 2.43. The molecule has 10 atom stereocenters. The number of primary amides is 2. The van der Waals surface area contributed by atoms with Crippen molar-refractivity contribution in [2.75, 3.05) is 26.7 Å². The number of aromatic amines is 1. The summed E-state index contributed by atoms with van der Waals surface area (Å²) in [5, 5.41) is 50.3. The Morgan fingerprint density at radius 1 is 0.719 bits per heavy atom. The van der Waals surface area contributed by atoms with E-state index in [1.807, 2.05) is 24.3 Å². The minimum atomic E-state index is -1.75. The van der Waals surface area contributed by atoms with Crippen molar-refractivity contribution >= 4 is 81.6 Å². The number of hydrogen-bond acceptors (Lipinski definition) is 15. The van der Waals surface area contributed by atoms with Crippen LogP contribution in [0.2, 0.25) is 0 Å². The maximum atomic E-state index is 14.3. The lowest BCUT2D eigenvalue weighted by Crippen LogP contribution is -2.56. The van der Waals surface area contributed by atoms with Gasteiger partial charge in [-0.1, -0.05) is 56.3 Å². The first-order valence-electron chi connectivity index (χ1n) is 29.2. The molecule has 1 fully saturated rings. The number of carbonyl (C=O) groups is 11. The maximum Gasteiger partial charge on any atom is 0.315 e. The number of rotatable bonds is 34. The highest BCUT2D eigenvalue weighted by Crippen LogP contribution is 2.24. The molecule has 2 heterocycles. The van der Waals surface area contributed by atoms with E-state index in [4.69, 9.17) is 17.2 Å². The number of fused-ring (bicyclic) bond motifs is 1. The van der Waals surface area contributed by atoms with Crippen molar-refractivity contribution in [2.24, 2.45) is 39.9 Å². The van der Waals surface area contributed by atoms with Gasteiger partial charge in [-0.05, 0) is 85.5 Å². The number of nitrogens with two attached hydrogens (primary N) is 3. The quantitative estimate of drug-likeness (QED) is 0.0159. The average molecular weight is 1240 g/mol. The number of aliphatic hydroxyl groups excluding tert-OH is 2. The molecule has 1 aromatic heterocycles. The first kappa shape index (κ1) is 70.5. The summed E-state index contributed by atoms with van der Waals surface area (Å²) in [7, 11) is 1.48. The zero-order valence-electron chi connectivity index (χ0n) is 50.4. The molecule has 1 saturated heterocycles. The number of aromatic nitrogens is 1. The van der Waals surface area contributed by atoms with Crippen molar-refractivity contribution in [1.82, 2.24) is 47.1 Å². The molecule has 9 amide bonds. The van der Waals surface area contributed by atoms with E-state index in [9.17, 15) is 72.4 Å². The number of phenols is 1. The van der Waals surface area contributed by atoms with Crippen molar-refractivity contribution < 1.29 is 72.4 Å². The second-order valence-electron chi connectivity index (χ2n) is 22.7. The number of urea groups is 1. The lowest BCUT2D eigenvalue weighted by atomic mass is 9.90. The zero-order chi connectivity index (χ0) is 65.6. The molecule has 0 unspecified atom stereocenters. The van der Waals surface area contributed by atoms with Crippen molar-refractivity contribution in [3.63, 3.8) is 0 Å². The van der Waals surface area contributed by atoms with Crippen LogP contribution in [0.1, 0.15) is 89.3 Å². The average Bonchev–Trinajstić information content (AvgIpc) is 3.84. The Kier molecular flexibility index (Phi) is 26.7. The molecule has 0 spiro atoms. The van der Waals surface area contributed by atoms with Gasteiger partial charge in [0.1, 0.15) is 29.7 Å².